The Kier molecular flexibility index (Phi) is 3.77. The molecule has 0 radical (unpaired) electrons. The van der Waals surface area contributed by atoms with Crippen LogP contribution >= 0.6 is 11.6 Å². The molecule has 1 aromatic carbocycles. The van der Waals surface area contributed by atoms with Gasteiger partial charge in [-0.3, -0.25) is 0 Å². The molecule has 14 heavy (non-hydrogen) atoms. The van der Waals surface area contributed by atoms with Crippen LogP contribution < -0.4 is 10.6 Å². The molecule has 2 amide bonds. The monoisotopic (exact) mass is 212 g/mol. The summed E-state index contributed by atoms with van der Waals surface area (Å²) in [6.07, 6.45) is 0. The molecule has 0 saturated heterocycles. The van der Waals surface area contributed by atoms with Crippen LogP contribution in [0.4, 0.5) is 10.5 Å². The zero-order valence-electron chi connectivity index (χ0n) is 8.17. The lowest BCUT2D eigenvalue weighted by molar-refractivity contribution is 0.250. The molecule has 1 aromatic rings. The summed E-state index contributed by atoms with van der Waals surface area (Å²) in [5, 5.41) is 6.00. The van der Waals surface area contributed by atoms with E-state index in [0.717, 1.165) is 0 Å². The molecule has 0 saturated carbocycles. The maximum absolute atomic E-state index is 11.3. The number of nitrogens with one attached hydrogen (secondary N) is 2. The molecule has 0 fully saturated rings. The molecule has 3 nitrogen and oxygen atoms in total. The van der Waals surface area contributed by atoms with Crippen molar-refractivity contribution in [3.8, 4) is 0 Å². The Morgan fingerprint density at radius 1 is 1.43 bits per heavy atom. The Morgan fingerprint density at radius 3 is 2.71 bits per heavy atom. The van der Waals surface area contributed by atoms with Gasteiger partial charge in [-0.2, -0.15) is 0 Å². The van der Waals surface area contributed by atoms with Gasteiger partial charge in [-0.25, -0.2) is 4.79 Å². The van der Waals surface area contributed by atoms with E-state index < -0.39 is 0 Å². The quantitative estimate of drug-likeness (QED) is 0.778. The summed E-state index contributed by atoms with van der Waals surface area (Å²) in [6.45, 7) is 3.80. The number of anilines is 1. The van der Waals surface area contributed by atoms with Gasteiger partial charge in [0.1, 0.15) is 0 Å². The average molecular weight is 213 g/mol. The van der Waals surface area contributed by atoms with Gasteiger partial charge in [0.05, 0.1) is 0 Å². The van der Waals surface area contributed by atoms with Crippen LogP contribution in [0.25, 0.3) is 0 Å². The van der Waals surface area contributed by atoms with Gasteiger partial charge < -0.3 is 10.6 Å². The molecule has 0 aromatic heterocycles. The van der Waals surface area contributed by atoms with Gasteiger partial charge in [0.2, 0.25) is 0 Å². The molecule has 0 unspecified atom stereocenters. The Labute approximate surface area is 88.5 Å². The van der Waals surface area contributed by atoms with Crippen LogP contribution in [0.3, 0.4) is 0 Å². The number of hydrogen-bond acceptors (Lipinski definition) is 1. The fourth-order valence-electron chi connectivity index (χ4n) is 0.996. The lowest BCUT2D eigenvalue weighted by Gasteiger charge is -2.09. The predicted octanol–water partition coefficient (Wildman–Crippen LogP) is 2.87. The standard InChI is InChI=1S/C10H13ClN2O/c1-7(2)12-10(14)13-9-5-3-4-8(11)6-9/h3-7H,1-2H3,(H2,12,13,14). The summed E-state index contributed by atoms with van der Waals surface area (Å²) < 4.78 is 0. The van der Waals surface area contributed by atoms with E-state index in [9.17, 15) is 4.79 Å². The average Bonchev–Trinajstić information content (AvgIpc) is 2.01. The molecule has 0 atom stereocenters. The predicted molar refractivity (Wildman–Crippen MR) is 58.7 cm³/mol. The van der Waals surface area contributed by atoms with E-state index in [1.54, 1.807) is 24.3 Å². The van der Waals surface area contributed by atoms with Crippen molar-refractivity contribution >= 4 is 23.3 Å². The second-order valence-electron chi connectivity index (χ2n) is 3.26. The third-order valence-corrected chi connectivity index (χ3v) is 1.74. The molecule has 0 aliphatic carbocycles. The minimum Gasteiger partial charge on any atom is -0.336 e. The topological polar surface area (TPSA) is 41.1 Å². The van der Waals surface area contributed by atoms with Crippen molar-refractivity contribution in [2.24, 2.45) is 0 Å². The van der Waals surface area contributed by atoms with E-state index in [4.69, 9.17) is 11.6 Å². The van der Waals surface area contributed by atoms with E-state index in [1.165, 1.54) is 0 Å². The van der Waals surface area contributed by atoms with Crippen LogP contribution in [0, 0.1) is 0 Å². The van der Waals surface area contributed by atoms with E-state index >= 15 is 0 Å². The largest absolute Gasteiger partial charge is 0.336 e. The van der Waals surface area contributed by atoms with Crippen molar-refractivity contribution in [2.75, 3.05) is 5.32 Å². The molecule has 0 bridgehead atoms. The number of urea groups is 1. The van der Waals surface area contributed by atoms with E-state index in [1.807, 2.05) is 13.8 Å². The molecule has 0 spiro atoms. The highest BCUT2D eigenvalue weighted by molar-refractivity contribution is 6.30. The maximum Gasteiger partial charge on any atom is 0.319 e. The molecule has 76 valence electrons. The molecule has 2 N–H and O–H groups in total. The van der Waals surface area contributed by atoms with Gasteiger partial charge in [-0.15, -0.1) is 0 Å². The van der Waals surface area contributed by atoms with Gasteiger partial charge >= 0.3 is 6.03 Å². The minimum absolute atomic E-state index is 0.120. The van der Waals surface area contributed by atoms with Crippen molar-refractivity contribution in [2.45, 2.75) is 19.9 Å². The molecule has 0 heterocycles. The second-order valence-corrected chi connectivity index (χ2v) is 3.70. The molecule has 4 heteroatoms. The van der Waals surface area contributed by atoms with Crippen LogP contribution in [-0.2, 0) is 0 Å². The van der Waals surface area contributed by atoms with E-state index in [2.05, 4.69) is 10.6 Å². The summed E-state index contributed by atoms with van der Waals surface area (Å²) in [4.78, 5) is 11.3. The number of hydrogen-bond donors (Lipinski definition) is 2. The van der Waals surface area contributed by atoms with Gasteiger partial charge in [-0.05, 0) is 32.0 Å². The number of rotatable bonds is 2. The van der Waals surface area contributed by atoms with E-state index in [0.29, 0.717) is 10.7 Å². The third kappa shape index (κ3) is 3.66. The zero-order chi connectivity index (χ0) is 10.6. The van der Waals surface area contributed by atoms with Crippen molar-refractivity contribution in [1.82, 2.24) is 5.32 Å². The molecular weight excluding hydrogens is 200 g/mol. The highest BCUT2D eigenvalue weighted by Crippen LogP contribution is 2.14. The van der Waals surface area contributed by atoms with Crippen molar-refractivity contribution in [3.05, 3.63) is 29.3 Å². The maximum atomic E-state index is 11.3. The summed E-state index contributed by atoms with van der Waals surface area (Å²) in [6, 6.07) is 6.92. The number of halogens is 1. The number of carbonyl (C=O) groups excluding carboxylic acids is 1. The van der Waals surface area contributed by atoms with Gasteiger partial charge in [0.15, 0.2) is 0 Å². The van der Waals surface area contributed by atoms with Gasteiger partial charge in [0, 0.05) is 16.8 Å². The Morgan fingerprint density at radius 2 is 2.14 bits per heavy atom. The van der Waals surface area contributed by atoms with Crippen LogP contribution in [0.15, 0.2) is 24.3 Å². The highest BCUT2D eigenvalue weighted by Gasteiger charge is 2.02. The first-order valence-corrected chi connectivity index (χ1v) is 4.79. The Hall–Kier alpha value is -1.22. The smallest absolute Gasteiger partial charge is 0.319 e. The molecule has 0 aliphatic heterocycles. The van der Waals surface area contributed by atoms with E-state index in [-0.39, 0.29) is 12.1 Å². The van der Waals surface area contributed by atoms with Crippen LogP contribution in [0.5, 0.6) is 0 Å². The first-order valence-electron chi connectivity index (χ1n) is 4.41. The number of carbonyl (C=O) groups is 1. The fourth-order valence-corrected chi connectivity index (χ4v) is 1.19. The lowest BCUT2D eigenvalue weighted by atomic mass is 10.3. The number of amides is 2. The van der Waals surface area contributed by atoms with Crippen LogP contribution in [-0.4, -0.2) is 12.1 Å². The summed E-state index contributed by atoms with van der Waals surface area (Å²) in [7, 11) is 0. The summed E-state index contributed by atoms with van der Waals surface area (Å²) in [5.74, 6) is 0. The second kappa shape index (κ2) is 4.86. The summed E-state index contributed by atoms with van der Waals surface area (Å²) in [5.41, 5.74) is 0.690. The van der Waals surface area contributed by atoms with Crippen molar-refractivity contribution in [1.29, 1.82) is 0 Å². The first kappa shape index (κ1) is 10.9. The Balaban J connectivity index is 2.56. The highest BCUT2D eigenvalue weighted by atomic mass is 35.5. The Bertz CT molecular complexity index is 326. The molecule has 1 rings (SSSR count). The van der Waals surface area contributed by atoms with Crippen LogP contribution in [0.1, 0.15) is 13.8 Å². The SMILES string of the molecule is CC(C)NC(=O)Nc1cccc(Cl)c1. The molecule has 0 aliphatic rings. The van der Waals surface area contributed by atoms with Crippen molar-refractivity contribution < 1.29 is 4.79 Å². The lowest BCUT2D eigenvalue weighted by Crippen LogP contribution is -2.34. The van der Waals surface area contributed by atoms with Gasteiger partial charge in [0.25, 0.3) is 0 Å². The fraction of sp³-hybridized carbons (Fsp3) is 0.300. The molecular formula is C10H13ClN2O. The number of benzene rings is 1. The zero-order valence-corrected chi connectivity index (χ0v) is 8.93. The normalized spacial score (nSPS) is 10.0. The van der Waals surface area contributed by atoms with Crippen LogP contribution in [0.2, 0.25) is 5.02 Å². The third-order valence-electron chi connectivity index (χ3n) is 1.50. The van der Waals surface area contributed by atoms with Gasteiger partial charge in [-0.1, -0.05) is 17.7 Å². The first-order chi connectivity index (χ1) is 6.58. The van der Waals surface area contributed by atoms with Crippen molar-refractivity contribution in [3.63, 3.8) is 0 Å². The summed E-state index contributed by atoms with van der Waals surface area (Å²) >= 11 is 5.76. The minimum atomic E-state index is -0.220.